The number of benzene rings is 1. The molecule has 0 saturated carbocycles. The van der Waals surface area contributed by atoms with Crippen molar-refractivity contribution in [2.75, 3.05) is 13.2 Å². The number of hydrogen-bond acceptors (Lipinski definition) is 2. The Balaban J connectivity index is 1.81. The number of aliphatic hydroxyl groups excluding tert-OH is 1. The third kappa shape index (κ3) is 3.09. The zero-order valence-electron chi connectivity index (χ0n) is 11.0. The molecule has 1 aromatic rings. The third-order valence-electron chi connectivity index (χ3n) is 3.79. The van der Waals surface area contributed by atoms with E-state index in [1.807, 2.05) is 6.07 Å². The molecular weight excluding hydrogens is 229 g/mol. The van der Waals surface area contributed by atoms with E-state index >= 15 is 0 Å². The van der Waals surface area contributed by atoms with Gasteiger partial charge in [-0.1, -0.05) is 19.1 Å². The minimum absolute atomic E-state index is 0.0642. The molecule has 18 heavy (non-hydrogen) atoms. The van der Waals surface area contributed by atoms with Crippen LogP contribution in [-0.2, 0) is 6.42 Å². The van der Waals surface area contributed by atoms with Gasteiger partial charge in [0.15, 0.2) is 0 Å². The largest absolute Gasteiger partial charge is 0.396 e. The maximum atomic E-state index is 13.5. The van der Waals surface area contributed by atoms with E-state index in [-0.39, 0.29) is 12.4 Å². The van der Waals surface area contributed by atoms with Crippen molar-refractivity contribution in [3.05, 3.63) is 35.1 Å². The molecule has 0 spiro atoms. The monoisotopic (exact) mass is 251 g/mol. The van der Waals surface area contributed by atoms with Crippen molar-refractivity contribution in [1.29, 1.82) is 0 Å². The smallest absolute Gasteiger partial charge is 0.126 e. The molecule has 2 N–H and O–H groups in total. The van der Waals surface area contributed by atoms with Crippen molar-refractivity contribution < 1.29 is 9.50 Å². The first-order valence-corrected chi connectivity index (χ1v) is 6.84. The van der Waals surface area contributed by atoms with Crippen LogP contribution in [0.3, 0.4) is 0 Å². The summed E-state index contributed by atoms with van der Waals surface area (Å²) in [5.41, 5.74) is 2.02. The number of aliphatic hydroxyl groups is 1. The van der Waals surface area contributed by atoms with Gasteiger partial charge in [-0.3, -0.25) is 0 Å². The lowest BCUT2D eigenvalue weighted by Crippen LogP contribution is -2.21. The highest BCUT2D eigenvalue weighted by molar-refractivity contribution is 5.35. The third-order valence-corrected chi connectivity index (χ3v) is 3.79. The van der Waals surface area contributed by atoms with Crippen molar-refractivity contribution in [2.24, 2.45) is 5.92 Å². The maximum absolute atomic E-state index is 13.5. The predicted molar refractivity (Wildman–Crippen MR) is 70.9 cm³/mol. The molecule has 0 heterocycles. The highest BCUT2D eigenvalue weighted by Gasteiger charge is 2.23. The molecule has 0 amide bonds. The summed E-state index contributed by atoms with van der Waals surface area (Å²) >= 11 is 0. The van der Waals surface area contributed by atoms with E-state index in [1.54, 1.807) is 12.1 Å². The van der Waals surface area contributed by atoms with Gasteiger partial charge in [0.05, 0.1) is 0 Å². The first-order chi connectivity index (χ1) is 8.72. The summed E-state index contributed by atoms with van der Waals surface area (Å²) in [6.07, 6.45) is 3.92. The van der Waals surface area contributed by atoms with E-state index in [0.29, 0.717) is 12.0 Å². The van der Waals surface area contributed by atoms with Crippen LogP contribution >= 0.6 is 0 Å². The van der Waals surface area contributed by atoms with Crippen LogP contribution in [0.2, 0.25) is 0 Å². The summed E-state index contributed by atoms with van der Waals surface area (Å²) in [4.78, 5) is 0. The fourth-order valence-electron chi connectivity index (χ4n) is 2.64. The van der Waals surface area contributed by atoms with Crippen molar-refractivity contribution in [3.63, 3.8) is 0 Å². The second kappa shape index (κ2) is 6.30. The van der Waals surface area contributed by atoms with Crippen LogP contribution in [-0.4, -0.2) is 18.3 Å². The van der Waals surface area contributed by atoms with E-state index in [2.05, 4.69) is 12.2 Å². The highest BCUT2D eigenvalue weighted by atomic mass is 19.1. The highest BCUT2D eigenvalue weighted by Crippen LogP contribution is 2.32. The zero-order chi connectivity index (χ0) is 13.0. The Labute approximate surface area is 108 Å². The molecule has 2 unspecified atom stereocenters. The summed E-state index contributed by atoms with van der Waals surface area (Å²) in [5, 5.41) is 12.4. The van der Waals surface area contributed by atoms with Gasteiger partial charge in [-0.2, -0.15) is 0 Å². The number of fused-ring (bicyclic) bond motifs is 1. The Kier molecular flexibility index (Phi) is 4.72. The summed E-state index contributed by atoms with van der Waals surface area (Å²) in [7, 11) is 0. The molecule has 2 nitrogen and oxygen atoms in total. The second-order valence-corrected chi connectivity index (χ2v) is 5.28. The average molecular weight is 251 g/mol. The standard InChI is InChI=1S/C15H22FNO/c1-11(10-18)4-3-9-17-15-8-7-12-13(15)5-2-6-14(12)16/h2,5-6,11,15,17-18H,3-4,7-10H2,1H3. The van der Waals surface area contributed by atoms with E-state index in [9.17, 15) is 4.39 Å². The van der Waals surface area contributed by atoms with E-state index < -0.39 is 0 Å². The van der Waals surface area contributed by atoms with Crippen LogP contribution in [0.4, 0.5) is 4.39 Å². The topological polar surface area (TPSA) is 32.3 Å². The molecule has 2 atom stereocenters. The summed E-state index contributed by atoms with van der Waals surface area (Å²) in [6, 6.07) is 5.67. The number of halogens is 1. The van der Waals surface area contributed by atoms with Crippen molar-refractivity contribution in [1.82, 2.24) is 5.32 Å². The molecule has 0 bridgehead atoms. The van der Waals surface area contributed by atoms with Crippen LogP contribution in [0, 0.1) is 11.7 Å². The van der Waals surface area contributed by atoms with Gasteiger partial charge in [-0.05, 0) is 55.3 Å². The molecule has 1 aliphatic carbocycles. The number of nitrogens with one attached hydrogen (secondary N) is 1. The van der Waals surface area contributed by atoms with Gasteiger partial charge in [0.25, 0.3) is 0 Å². The van der Waals surface area contributed by atoms with Gasteiger partial charge in [-0.15, -0.1) is 0 Å². The van der Waals surface area contributed by atoms with E-state index in [1.165, 1.54) is 0 Å². The molecule has 100 valence electrons. The molecule has 0 radical (unpaired) electrons. The van der Waals surface area contributed by atoms with Gasteiger partial charge >= 0.3 is 0 Å². The van der Waals surface area contributed by atoms with Crippen molar-refractivity contribution in [2.45, 2.75) is 38.6 Å². The Hall–Kier alpha value is -0.930. The molecule has 1 aliphatic rings. The van der Waals surface area contributed by atoms with Gasteiger partial charge in [0.2, 0.25) is 0 Å². The fraction of sp³-hybridized carbons (Fsp3) is 0.600. The molecule has 0 fully saturated rings. The van der Waals surface area contributed by atoms with Gasteiger partial charge < -0.3 is 10.4 Å². The molecule has 1 aromatic carbocycles. The normalized spacial score (nSPS) is 19.8. The van der Waals surface area contributed by atoms with Crippen LogP contribution < -0.4 is 5.32 Å². The van der Waals surface area contributed by atoms with Crippen LogP contribution in [0.1, 0.15) is 43.4 Å². The van der Waals surface area contributed by atoms with Crippen molar-refractivity contribution >= 4 is 0 Å². The Morgan fingerprint density at radius 1 is 1.50 bits per heavy atom. The van der Waals surface area contributed by atoms with Crippen LogP contribution in [0.25, 0.3) is 0 Å². The van der Waals surface area contributed by atoms with Crippen molar-refractivity contribution in [3.8, 4) is 0 Å². The zero-order valence-corrected chi connectivity index (χ0v) is 11.0. The molecule has 2 rings (SSSR count). The summed E-state index contributed by atoms with van der Waals surface area (Å²) in [6.45, 7) is 3.25. The van der Waals surface area contributed by atoms with Gasteiger partial charge in [0.1, 0.15) is 5.82 Å². The minimum Gasteiger partial charge on any atom is -0.396 e. The van der Waals surface area contributed by atoms with Gasteiger partial charge in [0, 0.05) is 12.6 Å². The second-order valence-electron chi connectivity index (χ2n) is 5.28. The Bertz CT molecular complexity index is 394. The van der Waals surface area contributed by atoms with Crippen LogP contribution in [0.15, 0.2) is 18.2 Å². The number of rotatable bonds is 6. The lowest BCUT2D eigenvalue weighted by atomic mass is 10.1. The molecular formula is C15H22FNO. The van der Waals surface area contributed by atoms with E-state index in [0.717, 1.165) is 43.4 Å². The predicted octanol–water partition coefficient (Wildman–Crippen LogP) is 2.81. The molecule has 0 aliphatic heterocycles. The fourth-order valence-corrected chi connectivity index (χ4v) is 2.64. The summed E-state index contributed by atoms with van der Waals surface area (Å²) < 4.78 is 13.5. The quantitative estimate of drug-likeness (QED) is 0.762. The SMILES string of the molecule is CC(CO)CCCNC1CCc2c(F)cccc21. The summed E-state index contributed by atoms with van der Waals surface area (Å²) in [5.74, 6) is 0.311. The molecule has 0 aromatic heterocycles. The first kappa shape index (κ1) is 13.5. The molecule has 3 heteroatoms. The van der Waals surface area contributed by atoms with Crippen LogP contribution in [0.5, 0.6) is 0 Å². The number of hydrogen-bond donors (Lipinski definition) is 2. The lowest BCUT2D eigenvalue weighted by molar-refractivity contribution is 0.227. The van der Waals surface area contributed by atoms with E-state index in [4.69, 9.17) is 5.11 Å². The maximum Gasteiger partial charge on any atom is 0.126 e. The minimum atomic E-state index is -0.0642. The molecule has 0 saturated heterocycles. The van der Waals surface area contributed by atoms with Gasteiger partial charge in [-0.25, -0.2) is 4.39 Å². The first-order valence-electron chi connectivity index (χ1n) is 6.84. The Morgan fingerprint density at radius 3 is 3.11 bits per heavy atom. The Morgan fingerprint density at radius 2 is 2.33 bits per heavy atom. The lowest BCUT2D eigenvalue weighted by Gasteiger charge is -2.15. The average Bonchev–Trinajstić information content (AvgIpc) is 2.79.